The van der Waals surface area contributed by atoms with Crippen molar-refractivity contribution >= 4 is 5.84 Å². The van der Waals surface area contributed by atoms with Crippen molar-refractivity contribution in [1.82, 2.24) is 14.8 Å². The molecule has 1 aliphatic rings. The van der Waals surface area contributed by atoms with E-state index in [4.69, 9.17) is 4.84 Å². The maximum absolute atomic E-state index is 5.47. The highest BCUT2D eigenvalue weighted by atomic mass is 16.6. The topological polar surface area (TPSA) is 52.3 Å². The van der Waals surface area contributed by atoms with E-state index in [1.165, 1.54) is 42.3 Å². The first-order chi connectivity index (χ1) is 10.6. The lowest BCUT2D eigenvalue weighted by Crippen LogP contribution is -2.18. The van der Waals surface area contributed by atoms with Crippen LogP contribution in [0.4, 0.5) is 0 Å². The van der Waals surface area contributed by atoms with E-state index in [2.05, 4.69) is 34.3 Å². The molecule has 1 aromatic carbocycles. The van der Waals surface area contributed by atoms with Crippen molar-refractivity contribution in [3.05, 3.63) is 47.0 Å². The molecule has 116 valence electrons. The number of hydrogen-bond donors (Lipinski definition) is 0. The average molecular weight is 298 g/mol. The van der Waals surface area contributed by atoms with Crippen molar-refractivity contribution in [2.24, 2.45) is 5.16 Å². The smallest absolute Gasteiger partial charge is 0.201 e. The Kier molecular flexibility index (Phi) is 4.22. The van der Waals surface area contributed by atoms with Crippen LogP contribution < -0.4 is 0 Å². The van der Waals surface area contributed by atoms with Crippen LogP contribution in [0.2, 0.25) is 0 Å². The molecule has 0 saturated carbocycles. The summed E-state index contributed by atoms with van der Waals surface area (Å²) in [4.78, 5) is 9.49. The highest BCUT2D eigenvalue weighted by molar-refractivity contribution is 5.99. The normalized spacial score (nSPS) is 15.0. The van der Waals surface area contributed by atoms with Crippen LogP contribution in [0.1, 0.15) is 48.9 Å². The molecule has 0 spiro atoms. The highest BCUT2D eigenvalue weighted by Crippen LogP contribution is 2.26. The molecule has 0 amide bonds. The van der Waals surface area contributed by atoms with Gasteiger partial charge in [-0.25, -0.2) is 4.98 Å². The van der Waals surface area contributed by atoms with Gasteiger partial charge in [0.2, 0.25) is 5.84 Å². The van der Waals surface area contributed by atoms with Crippen molar-refractivity contribution in [2.75, 3.05) is 0 Å². The van der Waals surface area contributed by atoms with E-state index in [-0.39, 0.29) is 6.10 Å². The van der Waals surface area contributed by atoms with E-state index in [1.807, 2.05) is 13.8 Å². The lowest BCUT2D eigenvalue weighted by atomic mass is 9.87. The lowest BCUT2D eigenvalue weighted by molar-refractivity contribution is 0.0851. The fraction of sp³-hybridized carbons (Fsp3) is 0.471. The third-order valence-corrected chi connectivity index (χ3v) is 3.93. The summed E-state index contributed by atoms with van der Waals surface area (Å²) in [6, 6.07) is 4.40. The maximum Gasteiger partial charge on any atom is 0.201 e. The Hall–Kier alpha value is -2.17. The van der Waals surface area contributed by atoms with Crippen molar-refractivity contribution in [3.8, 4) is 0 Å². The third-order valence-electron chi connectivity index (χ3n) is 3.93. The molecule has 3 rings (SSSR count). The van der Waals surface area contributed by atoms with Crippen LogP contribution in [-0.2, 0) is 17.7 Å². The van der Waals surface area contributed by atoms with Crippen molar-refractivity contribution < 1.29 is 4.84 Å². The summed E-state index contributed by atoms with van der Waals surface area (Å²) in [5.41, 5.74) is 5.28. The molecule has 0 atom stereocenters. The van der Waals surface area contributed by atoms with Crippen LogP contribution in [0.3, 0.4) is 0 Å². The Morgan fingerprint density at radius 3 is 2.82 bits per heavy atom. The minimum atomic E-state index is 0.0252. The monoisotopic (exact) mass is 298 g/mol. The van der Waals surface area contributed by atoms with Gasteiger partial charge in [-0.15, -0.1) is 0 Å². The van der Waals surface area contributed by atoms with Crippen molar-refractivity contribution in [3.63, 3.8) is 0 Å². The fourth-order valence-corrected chi connectivity index (χ4v) is 2.92. The van der Waals surface area contributed by atoms with Gasteiger partial charge in [0.15, 0.2) is 0 Å². The minimum absolute atomic E-state index is 0.0252. The molecule has 0 unspecified atom stereocenters. The molecule has 0 fully saturated rings. The van der Waals surface area contributed by atoms with Crippen LogP contribution >= 0.6 is 0 Å². The molecular formula is C17H22N4O. The average Bonchev–Trinajstić information content (AvgIpc) is 3.01. The van der Waals surface area contributed by atoms with Gasteiger partial charge in [-0.05, 0) is 75.3 Å². The number of benzene rings is 1. The zero-order valence-electron chi connectivity index (χ0n) is 13.4. The van der Waals surface area contributed by atoms with Crippen LogP contribution in [0.25, 0.3) is 0 Å². The van der Waals surface area contributed by atoms with Gasteiger partial charge in [0, 0.05) is 5.56 Å². The molecule has 1 aromatic heterocycles. The molecule has 0 saturated heterocycles. The summed E-state index contributed by atoms with van der Waals surface area (Å²) in [6.45, 7) is 6.09. The Balaban J connectivity index is 2.05. The number of aryl methyl sites for hydroxylation is 2. The van der Waals surface area contributed by atoms with Gasteiger partial charge in [-0.3, -0.25) is 0 Å². The van der Waals surface area contributed by atoms with Crippen LogP contribution in [0.5, 0.6) is 0 Å². The van der Waals surface area contributed by atoms with E-state index in [0.717, 1.165) is 12.0 Å². The van der Waals surface area contributed by atoms with Crippen molar-refractivity contribution in [1.29, 1.82) is 0 Å². The molecule has 0 aliphatic heterocycles. The molecular weight excluding hydrogens is 276 g/mol. The third kappa shape index (κ3) is 3.03. The number of aromatic nitrogens is 3. The molecule has 1 heterocycles. The first kappa shape index (κ1) is 14.8. The van der Waals surface area contributed by atoms with E-state index >= 15 is 0 Å². The zero-order valence-corrected chi connectivity index (χ0v) is 13.4. The summed E-state index contributed by atoms with van der Waals surface area (Å²) < 4.78 is 1.66. The largest absolute Gasteiger partial charge is 0.391 e. The number of nitrogens with zero attached hydrogens (tertiary/aromatic N) is 4. The van der Waals surface area contributed by atoms with Gasteiger partial charge in [0.25, 0.3) is 0 Å². The van der Waals surface area contributed by atoms with E-state index in [1.54, 1.807) is 11.0 Å². The predicted molar refractivity (Wildman–Crippen MR) is 86.0 cm³/mol. The van der Waals surface area contributed by atoms with Crippen LogP contribution in [0, 0.1) is 6.92 Å². The van der Waals surface area contributed by atoms with E-state index < -0.39 is 0 Å². The molecule has 22 heavy (non-hydrogen) atoms. The Morgan fingerprint density at radius 2 is 2.09 bits per heavy atom. The van der Waals surface area contributed by atoms with Gasteiger partial charge >= 0.3 is 0 Å². The van der Waals surface area contributed by atoms with Crippen LogP contribution in [-0.4, -0.2) is 26.7 Å². The summed E-state index contributed by atoms with van der Waals surface area (Å²) in [6.07, 6.45) is 8.05. The molecule has 0 bridgehead atoms. The molecule has 5 heteroatoms. The second-order valence-electron chi connectivity index (χ2n) is 6.05. The molecule has 5 nitrogen and oxygen atoms in total. The van der Waals surface area contributed by atoms with E-state index in [9.17, 15) is 0 Å². The van der Waals surface area contributed by atoms with Gasteiger partial charge < -0.3 is 4.84 Å². The molecule has 0 radical (unpaired) electrons. The standard InChI is InChI=1S/C17H22N4O/c1-12(2)22-20-17(21-11-18-10-19-21)15-8-13(3)16-7-5-4-6-14(16)9-15/h8-12H,4-7H2,1-3H3/b20-17+. The van der Waals surface area contributed by atoms with E-state index in [0.29, 0.717) is 5.84 Å². The molecule has 1 aliphatic carbocycles. The summed E-state index contributed by atoms with van der Waals surface area (Å²) in [7, 11) is 0. The van der Waals surface area contributed by atoms with Crippen molar-refractivity contribution in [2.45, 2.75) is 52.6 Å². The predicted octanol–water partition coefficient (Wildman–Crippen LogP) is 3.10. The number of fused-ring (bicyclic) bond motifs is 1. The first-order valence-electron chi connectivity index (χ1n) is 7.86. The first-order valence-corrected chi connectivity index (χ1v) is 7.86. The SMILES string of the molecule is Cc1cc(/C(=N\OC(C)C)n2cncn2)cc2c1CCCC2. The van der Waals surface area contributed by atoms with Gasteiger partial charge in [-0.2, -0.15) is 9.78 Å². The number of oxime groups is 1. The van der Waals surface area contributed by atoms with Gasteiger partial charge in [0.1, 0.15) is 18.8 Å². The number of hydrogen-bond acceptors (Lipinski definition) is 4. The Bertz CT molecular complexity index is 674. The second kappa shape index (κ2) is 6.30. The fourth-order valence-electron chi connectivity index (χ4n) is 2.92. The molecule has 0 N–H and O–H groups in total. The second-order valence-corrected chi connectivity index (χ2v) is 6.05. The van der Waals surface area contributed by atoms with Gasteiger partial charge in [0.05, 0.1) is 0 Å². The Morgan fingerprint density at radius 1 is 1.27 bits per heavy atom. The maximum atomic E-state index is 5.47. The summed E-state index contributed by atoms with van der Waals surface area (Å²) in [5, 5.41) is 8.51. The van der Waals surface area contributed by atoms with Gasteiger partial charge in [-0.1, -0.05) is 5.16 Å². The number of rotatable bonds is 3. The highest BCUT2D eigenvalue weighted by Gasteiger charge is 2.16. The van der Waals surface area contributed by atoms with Crippen LogP contribution in [0.15, 0.2) is 29.9 Å². The lowest BCUT2D eigenvalue weighted by Gasteiger charge is -2.20. The summed E-state index contributed by atoms with van der Waals surface area (Å²) >= 11 is 0. The minimum Gasteiger partial charge on any atom is -0.391 e. The quantitative estimate of drug-likeness (QED) is 0.497. The summed E-state index contributed by atoms with van der Waals surface area (Å²) in [5.74, 6) is 0.683. The molecule has 2 aromatic rings. The zero-order chi connectivity index (χ0) is 15.5. The Labute approximate surface area is 131 Å².